The van der Waals surface area contributed by atoms with Gasteiger partial charge in [0, 0.05) is 29.6 Å². The molecule has 0 saturated heterocycles. The zero-order chi connectivity index (χ0) is 19.9. The van der Waals surface area contributed by atoms with Crippen molar-refractivity contribution >= 4 is 28.1 Å². The molecule has 0 fully saturated rings. The molecule has 1 heterocycles. The molecule has 0 bridgehead atoms. The summed E-state index contributed by atoms with van der Waals surface area (Å²) in [4.78, 5) is 28.9. The number of thiazole rings is 1. The third-order valence-electron chi connectivity index (χ3n) is 3.82. The van der Waals surface area contributed by atoms with Gasteiger partial charge < -0.3 is 4.74 Å². The number of ether oxygens (including phenoxy) is 1. The number of nitrogens with zero attached hydrogens (tertiary/aromatic N) is 3. The molecule has 1 amide bonds. The molecule has 28 heavy (non-hydrogen) atoms. The Kier molecular flexibility index (Phi) is 6.13. The molecule has 142 valence electrons. The van der Waals surface area contributed by atoms with E-state index in [0.717, 1.165) is 11.3 Å². The zero-order valence-corrected chi connectivity index (χ0v) is 15.7. The Morgan fingerprint density at radius 1 is 1.21 bits per heavy atom. The van der Waals surface area contributed by atoms with E-state index in [-0.39, 0.29) is 18.2 Å². The van der Waals surface area contributed by atoms with Crippen molar-refractivity contribution in [1.29, 1.82) is 0 Å². The minimum atomic E-state index is -0.493. The lowest BCUT2D eigenvalue weighted by Crippen LogP contribution is -2.35. The van der Waals surface area contributed by atoms with E-state index < -0.39 is 4.92 Å². The molecule has 2 aromatic carbocycles. The predicted molar refractivity (Wildman–Crippen MR) is 109 cm³/mol. The molecule has 0 aliphatic carbocycles. The Morgan fingerprint density at radius 3 is 2.57 bits per heavy atom. The molecular weight excluding hydrogens is 378 g/mol. The lowest BCUT2D eigenvalue weighted by Gasteiger charge is -2.18. The Labute approximate surface area is 165 Å². The van der Waals surface area contributed by atoms with E-state index >= 15 is 0 Å². The van der Waals surface area contributed by atoms with Crippen molar-refractivity contribution in [3.05, 3.63) is 82.7 Å². The van der Waals surface area contributed by atoms with Gasteiger partial charge in [-0.2, -0.15) is 0 Å². The van der Waals surface area contributed by atoms with Crippen molar-refractivity contribution in [1.82, 2.24) is 4.98 Å². The van der Waals surface area contributed by atoms with Crippen LogP contribution in [0.2, 0.25) is 0 Å². The van der Waals surface area contributed by atoms with Gasteiger partial charge in [-0.05, 0) is 12.1 Å². The van der Waals surface area contributed by atoms with Crippen molar-refractivity contribution in [2.45, 2.75) is 0 Å². The summed E-state index contributed by atoms with van der Waals surface area (Å²) in [6.45, 7) is 3.78. The van der Waals surface area contributed by atoms with Crippen LogP contribution in [-0.2, 0) is 4.79 Å². The standard InChI is InChI=1S/C20H17N3O4S/c1-2-12-22(20-21-18(14-28-20)15-6-4-3-5-7-15)19(24)13-27-17-10-8-16(9-11-17)23(25)26/h2-11,14H,1,12-13H2. The van der Waals surface area contributed by atoms with Crippen molar-refractivity contribution < 1.29 is 14.5 Å². The smallest absolute Gasteiger partial charge is 0.269 e. The maximum absolute atomic E-state index is 12.6. The van der Waals surface area contributed by atoms with Gasteiger partial charge in [-0.25, -0.2) is 4.98 Å². The molecule has 3 rings (SSSR count). The number of aromatic nitrogens is 1. The van der Waals surface area contributed by atoms with Gasteiger partial charge in [-0.15, -0.1) is 17.9 Å². The van der Waals surface area contributed by atoms with Gasteiger partial charge in [0.05, 0.1) is 10.6 Å². The number of carbonyl (C=O) groups excluding carboxylic acids is 1. The molecule has 0 unspecified atom stereocenters. The average Bonchev–Trinajstić information content (AvgIpc) is 3.21. The second-order valence-electron chi connectivity index (χ2n) is 5.71. The quantitative estimate of drug-likeness (QED) is 0.322. The Bertz CT molecular complexity index is 971. The Morgan fingerprint density at radius 2 is 1.93 bits per heavy atom. The lowest BCUT2D eigenvalue weighted by atomic mass is 10.2. The number of amides is 1. The summed E-state index contributed by atoms with van der Waals surface area (Å²) in [7, 11) is 0. The van der Waals surface area contributed by atoms with E-state index in [0.29, 0.717) is 17.4 Å². The fraction of sp³-hybridized carbons (Fsp3) is 0.100. The molecule has 0 spiro atoms. The minimum absolute atomic E-state index is 0.0387. The molecule has 7 nitrogen and oxygen atoms in total. The summed E-state index contributed by atoms with van der Waals surface area (Å²) in [6.07, 6.45) is 1.62. The van der Waals surface area contributed by atoms with E-state index in [1.165, 1.54) is 40.5 Å². The fourth-order valence-corrected chi connectivity index (χ4v) is 3.29. The molecular formula is C20H17N3O4S. The monoisotopic (exact) mass is 395 g/mol. The number of carbonyl (C=O) groups is 1. The average molecular weight is 395 g/mol. The maximum atomic E-state index is 12.6. The lowest BCUT2D eigenvalue weighted by molar-refractivity contribution is -0.384. The first kappa shape index (κ1) is 19.2. The van der Waals surface area contributed by atoms with Gasteiger partial charge in [-0.1, -0.05) is 36.4 Å². The largest absolute Gasteiger partial charge is 0.484 e. The number of non-ortho nitro benzene ring substituents is 1. The van der Waals surface area contributed by atoms with Crippen LogP contribution in [0.3, 0.4) is 0 Å². The summed E-state index contributed by atoms with van der Waals surface area (Å²) < 4.78 is 5.47. The van der Waals surface area contributed by atoms with Crippen LogP contribution in [0.1, 0.15) is 0 Å². The van der Waals surface area contributed by atoms with Crippen LogP contribution in [0.15, 0.2) is 72.6 Å². The molecule has 0 saturated carbocycles. The van der Waals surface area contributed by atoms with Crippen LogP contribution < -0.4 is 9.64 Å². The second kappa shape index (κ2) is 8.92. The SMILES string of the molecule is C=CCN(C(=O)COc1ccc([N+](=O)[O-])cc1)c1nc(-c2ccccc2)cs1. The molecule has 0 aliphatic rings. The maximum Gasteiger partial charge on any atom is 0.269 e. The summed E-state index contributed by atoms with van der Waals surface area (Å²) in [5.41, 5.74) is 1.72. The summed E-state index contributed by atoms with van der Waals surface area (Å²) in [6, 6.07) is 15.3. The first-order valence-corrected chi connectivity index (χ1v) is 9.26. The van der Waals surface area contributed by atoms with E-state index in [4.69, 9.17) is 4.74 Å². The zero-order valence-electron chi connectivity index (χ0n) is 14.9. The van der Waals surface area contributed by atoms with Gasteiger partial charge in [-0.3, -0.25) is 19.8 Å². The van der Waals surface area contributed by atoms with Gasteiger partial charge in [0.15, 0.2) is 11.7 Å². The van der Waals surface area contributed by atoms with Crippen LogP contribution in [0.5, 0.6) is 5.75 Å². The van der Waals surface area contributed by atoms with E-state index in [2.05, 4.69) is 11.6 Å². The van der Waals surface area contributed by atoms with E-state index in [1.54, 1.807) is 6.08 Å². The number of nitro groups is 1. The molecule has 0 N–H and O–H groups in total. The normalized spacial score (nSPS) is 10.3. The molecule has 8 heteroatoms. The number of hydrogen-bond acceptors (Lipinski definition) is 6. The number of nitro benzene ring substituents is 1. The third-order valence-corrected chi connectivity index (χ3v) is 4.68. The Balaban J connectivity index is 1.69. The molecule has 0 atom stereocenters. The summed E-state index contributed by atoms with van der Waals surface area (Å²) in [5, 5.41) is 13.1. The predicted octanol–water partition coefficient (Wildman–Crippen LogP) is 4.32. The van der Waals surface area contributed by atoms with E-state index in [1.807, 2.05) is 35.7 Å². The van der Waals surface area contributed by atoms with Crippen molar-refractivity contribution in [3.8, 4) is 17.0 Å². The van der Waals surface area contributed by atoms with Crippen LogP contribution in [0.4, 0.5) is 10.8 Å². The molecule has 0 radical (unpaired) electrons. The van der Waals surface area contributed by atoms with Crippen molar-refractivity contribution in [3.63, 3.8) is 0 Å². The van der Waals surface area contributed by atoms with E-state index in [9.17, 15) is 14.9 Å². The number of anilines is 1. The molecule has 3 aromatic rings. The van der Waals surface area contributed by atoms with Gasteiger partial charge >= 0.3 is 0 Å². The first-order chi connectivity index (χ1) is 13.6. The molecule has 1 aromatic heterocycles. The highest BCUT2D eigenvalue weighted by Gasteiger charge is 2.19. The number of benzene rings is 2. The number of rotatable bonds is 8. The van der Waals surface area contributed by atoms with Gasteiger partial charge in [0.25, 0.3) is 11.6 Å². The highest BCUT2D eigenvalue weighted by molar-refractivity contribution is 7.14. The summed E-state index contributed by atoms with van der Waals surface area (Å²) in [5.74, 6) is 0.0915. The third kappa shape index (κ3) is 4.60. The highest BCUT2D eigenvalue weighted by Crippen LogP contribution is 2.27. The van der Waals surface area contributed by atoms with Crippen LogP contribution in [0.25, 0.3) is 11.3 Å². The first-order valence-electron chi connectivity index (χ1n) is 8.38. The van der Waals surface area contributed by atoms with Crippen LogP contribution in [-0.4, -0.2) is 29.0 Å². The second-order valence-corrected chi connectivity index (χ2v) is 6.55. The van der Waals surface area contributed by atoms with Gasteiger partial charge in [0.2, 0.25) is 0 Å². The number of hydrogen-bond donors (Lipinski definition) is 0. The summed E-state index contributed by atoms with van der Waals surface area (Å²) >= 11 is 1.36. The van der Waals surface area contributed by atoms with Crippen LogP contribution >= 0.6 is 11.3 Å². The highest BCUT2D eigenvalue weighted by atomic mass is 32.1. The topological polar surface area (TPSA) is 85.6 Å². The van der Waals surface area contributed by atoms with Crippen molar-refractivity contribution in [2.75, 3.05) is 18.1 Å². The molecule has 0 aliphatic heterocycles. The van der Waals surface area contributed by atoms with Crippen LogP contribution in [0, 0.1) is 10.1 Å². The van der Waals surface area contributed by atoms with Gasteiger partial charge in [0.1, 0.15) is 5.75 Å². The fourth-order valence-electron chi connectivity index (χ4n) is 2.43. The van der Waals surface area contributed by atoms with Crippen molar-refractivity contribution in [2.24, 2.45) is 0 Å². The Hall–Kier alpha value is -3.52. The minimum Gasteiger partial charge on any atom is -0.484 e.